The number of hydrogen-bond donors (Lipinski definition) is 0. The summed E-state index contributed by atoms with van der Waals surface area (Å²) in [7, 11) is 0. The molecule has 0 bridgehead atoms. The molecule has 0 aliphatic carbocycles. The first-order chi connectivity index (χ1) is 8.33. The van der Waals surface area contributed by atoms with Crippen molar-refractivity contribution in [1.29, 1.82) is 0 Å². The Hall–Kier alpha value is -1.56. The molecule has 1 aromatic carbocycles. The van der Waals surface area contributed by atoms with E-state index in [1.54, 1.807) is 0 Å². The fourth-order valence-corrected chi connectivity index (χ4v) is 2.12. The Kier molecular flexibility index (Phi) is 6.09. The van der Waals surface area contributed by atoms with Gasteiger partial charge < -0.3 is 0 Å². The van der Waals surface area contributed by atoms with Crippen molar-refractivity contribution in [3.8, 4) is 0 Å². The maximum Gasteiger partial charge on any atom is 0.00891 e. The third-order valence-electron chi connectivity index (χ3n) is 2.85. The Labute approximate surface area is 105 Å². The van der Waals surface area contributed by atoms with Crippen LogP contribution in [-0.4, -0.2) is 0 Å². The summed E-state index contributed by atoms with van der Waals surface area (Å²) in [4.78, 5) is 0. The number of rotatable bonds is 6. The molecule has 1 atom stereocenters. The molecule has 0 aliphatic heterocycles. The van der Waals surface area contributed by atoms with Crippen molar-refractivity contribution in [1.82, 2.24) is 0 Å². The van der Waals surface area contributed by atoms with Crippen LogP contribution in [-0.2, 0) is 0 Å². The third-order valence-corrected chi connectivity index (χ3v) is 2.85. The average molecular weight is 226 g/mol. The molecule has 0 nitrogen and oxygen atoms in total. The minimum atomic E-state index is 0.482. The molecular weight excluding hydrogens is 204 g/mol. The summed E-state index contributed by atoms with van der Waals surface area (Å²) in [5, 5.41) is 0. The van der Waals surface area contributed by atoms with Crippen molar-refractivity contribution in [2.75, 3.05) is 0 Å². The number of hydrogen-bond acceptors (Lipinski definition) is 0. The summed E-state index contributed by atoms with van der Waals surface area (Å²) < 4.78 is 0. The van der Waals surface area contributed by atoms with E-state index in [2.05, 4.69) is 69.0 Å². The molecule has 17 heavy (non-hydrogen) atoms. The van der Waals surface area contributed by atoms with Gasteiger partial charge in [0, 0.05) is 5.92 Å². The van der Waals surface area contributed by atoms with Crippen LogP contribution in [0.25, 0.3) is 0 Å². The molecule has 0 fully saturated rings. The lowest BCUT2D eigenvalue weighted by Gasteiger charge is -2.18. The summed E-state index contributed by atoms with van der Waals surface area (Å²) in [6.45, 7) is 8.10. The summed E-state index contributed by atoms with van der Waals surface area (Å²) in [6, 6.07) is 10.7. The van der Waals surface area contributed by atoms with E-state index in [0.29, 0.717) is 5.92 Å². The maximum atomic E-state index is 3.81. The molecule has 0 spiro atoms. The first-order valence-corrected chi connectivity index (χ1v) is 6.33. The minimum Gasteiger partial charge on any atom is -0.0991 e. The zero-order valence-electron chi connectivity index (χ0n) is 10.9. The first kappa shape index (κ1) is 13.5. The van der Waals surface area contributed by atoms with Crippen molar-refractivity contribution in [2.24, 2.45) is 0 Å². The highest BCUT2D eigenvalue weighted by molar-refractivity contribution is 5.36. The highest BCUT2D eigenvalue weighted by Crippen LogP contribution is 2.29. The van der Waals surface area contributed by atoms with E-state index in [0.717, 1.165) is 0 Å². The molecule has 0 aliphatic rings. The lowest BCUT2D eigenvalue weighted by molar-refractivity contribution is 0.697. The van der Waals surface area contributed by atoms with E-state index in [1.165, 1.54) is 24.0 Å². The van der Waals surface area contributed by atoms with Gasteiger partial charge in [0.05, 0.1) is 0 Å². The summed E-state index contributed by atoms with van der Waals surface area (Å²) in [5.41, 5.74) is 2.73. The van der Waals surface area contributed by atoms with Gasteiger partial charge >= 0.3 is 0 Å². The number of allylic oxidation sites excluding steroid dienone is 5. The molecule has 0 aromatic heterocycles. The van der Waals surface area contributed by atoms with Gasteiger partial charge in [0.15, 0.2) is 0 Å². The van der Waals surface area contributed by atoms with Crippen LogP contribution in [0.4, 0.5) is 0 Å². The smallest absolute Gasteiger partial charge is 0.00891 e. The van der Waals surface area contributed by atoms with Crippen LogP contribution in [0.1, 0.15) is 38.2 Å². The average Bonchev–Trinajstić information content (AvgIpc) is 2.37. The van der Waals surface area contributed by atoms with Crippen LogP contribution in [0.15, 0.2) is 66.8 Å². The highest BCUT2D eigenvalue weighted by Gasteiger charge is 2.12. The first-order valence-electron chi connectivity index (χ1n) is 6.33. The normalized spacial score (nSPS) is 13.9. The van der Waals surface area contributed by atoms with Gasteiger partial charge in [-0.1, -0.05) is 74.6 Å². The van der Waals surface area contributed by atoms with Crippen LogP contribution in [0.2, 0.25) is 0 Å². The van der Waals surface area contributed by atoms with Gasteiger partial charge in [-0.2, -0.15) is 0 Å². The van der Waals surface area contributed by atoms with Crippen LogP contribution in [0.5, 0.6) is 0 Å². The summed E-state index contributed by atoms with van der Waals surface area (Å²) in [6.07, 6.45) is 10.6. The summed E-state index contributed by atoms with van der Waals surface area (Å²) in [5.74, 6) is 0.482. The summed E-state index contributed by atoms with van der Waals surface area (Å²) >= 11 is 0. The van der Waals surface area contributed by atoms with Gasteiger partial charge in [-0.15, -0.1) is 0 Å². The molecule has 1 unspecified atom stereocenters. The Morgan fingerprint density at radius 3 is 2.53 bits per heavy atom. The molecule has 0 saturated heterocycles. The quantitative estimate of drug-likeness (QED) is 0.580. The van der Waals surface area contributed by atoms with Crippen LogP contribution in [0, 0.1) is 0 Å². The van der Waals surface area contributed by atoms with Crippen LogP contribution < -0.4 is 0 Å². The van der Waals surface area contributed by atoms with Crippen molar-refractivity contribution in [2.45, 2.75) is 32.6 Å². The zero-order chi connectivity index (χ0) is 12.5. The lowest BCUT2D eigenvalue weighted by atomic mass is 9.87. The van der Waals surface area contributed by atoms with Crippen molar-refractivity contribution >= 4 is 0 Å². The molecule has 0 amide bonds. The number of benzene rings is 1. The fraction of sp³-hybridized carbons (Fsp3) is 0.294. The van der Waals surface area contributed by atoms with E-state index in [9.17, 15) is 0 Å². The van der Waals surface area contributed by atoms with Crippen LogP contribution in [0.3, 0.4) is 0 Å². The van der Waals surface area contributed by atoms with Gasteiger partial charge in [0.2, 0.25) is 0 Å². The van der Waals surface area contributed by atoms with E-state index in [-0.39, 0.29) is 0 Å². The highest BCUT2D eigenvalue weighted by atomic mass is 14.2. The van der Waals surface area contributed by atoms with Gasteiger partial charge in [0.25, 0.3) is 0 Å². The predicted octanol–water partition coefficient (Wildman–Crippen LogP) is 5.26. The maximum absolute atomic E-state index is 3.81. The lowest BCUT2D eigenvalue weighted by Crippen LogP contribution is -2.01. The Morgan fingerprint density at radius 2 is 2.00 bits per heavy atom. The Morgan fingerprint density at radius 1 is 1.29 bits per heavy atom. The topological polar surface area (TPSA) is 0 Å². The molecule has 90 valence electrons. The van der Waals surface area contributed by atoms with Crippen molar-refractivity contribution in [3.05, 3.63) is 72.4 Å². The van der Waals surface area contributed by atoms with Gasteiger partial charge in [0.1, 0.15) is 0 Å². The molecule has 0 N–H and O–H groups in total. The second kappa shape index (κ2) is 7.67. The zero-order valence-corrected chi connectivity index (χ0v) is 10.9. The fourth-order valence-electron chi connectivity index (χ4n) is 2.12. The predicted molar refractivity (Wildman–Crippen MR) is 77.2 cm³/mol. The molecular formula is C17H22. The molecule has 0 radical (unpaired) electrons. The standard InChI is InChI=1S/C17H22/c1-4-10-15(11-5-2)17(12-6-3)16-13-8-7-9-14-16/h4-5,7-11,13-14,17H,1,6,12H2,2-3H3/b11-5-,15-10+. The second-order valence-electron chi connectivity index (χ2n) is 4.15. The van der Waals surface area contributed by atoms with Crippen LogP contribution >= 0.6 is 0 Å². The van der Waals surface area contributed by atoms with E-state index in [1.807, 2.05) is 6.08 Å². The van der Waals surface area contributed by atoms with Gasteiger partial charge in [-0.05, 0) is 24.5 Å². The molecule has 0 saturated carbocycles. The van der Waals surface area contributed by atoms with E-state index < -0.39 is 0 Å². The van der Waals surface area contributed by atoms with Crippen molar-refractivity contribution < 1.29 is 0 Å². The largest absolute Gasteiger partial charge is 0.0991 e. The molecule has 1 rings (SSSR count). The second-order valence-corrected chi connectivity index (χ2v) is 4.15. The minimum absolute atomic E-state index is 0.482. The Balaban J connectivity index is 3.06. The van der Waals surface area contributed by atoms with E-state index in [4.69, 9.17) is 0 Å². The van der Waals surface area contributed by atoms with E-state index >= 15 is 0 Å². The van der Waals surface area contributed by atoms with Crippen molar-refractivity contribution in [3.63, 3.8) is 0 Å². The monoisotopic (exact) mass is 226 g/mol. The Bertz CT molecular complexity index is 382. The molecule has 0 heteroatoms. The SMILES string of the molecule is C=C/C=C(\C=C/C)C(CCC)c1ccccc1. The molecule has 0 heterocycles. The van der Waals surface area contributed by atoms with Gasteiger partial charge in [-0.3, -0.25) is 0 Å². The third kappa shape index (κ3) is 4.07. The van der Waals surface area contributed by atoms with Gasteiger partial charge in [-0.25, -0.2) is 0 Å². The molecule has 1 aromatic rings.